The summed E-state index contributed by atoms with van der Waals surface area (Å²) in [5, 5.41) is 0. The van der Waals surface area contributed by atoms with E-state index in [0.717, 1.165) is 12.8 Å². The maximum Gasteiger partial charge on any atom is 0.268 e. The Morgan fingerprint density at radius 1 is 1.07 bits per heavy atom. The van der Waals surface area contributed by atoms with Gasteiger partial charge in [-0.25, -0.2) is 9.37 Å². The van der Waals surface area contributed by atoms with Gasteiger partial charge in [0.05, 0.1) is 6.20 Å². The number of carbonyl (C=O) groups excluding carboxylic acids is 2. The lowest BCUT2D eigenvalue weighted by Gasteiger charge is -2.25. The van der Waals surface area contributed by atoms with E-state index < -0.39 is 11.9 Å². The number of aromatic nitrogens is 1. The average molecular weight is 396 g/mol. The maximum absolute atomic E-state index is 14.4. The molecular weight excluding hydrogens is 375 g/mol. The molecule has 2 aromatic rings. The molecule has 1 unspecified atom stereocenters. The first-order valence-electron chi connectivity index (χ1n) is 10.0. The molecule has 2 heterocycles. The molecule has 29 heavy (non-hydrogen) atoms. The molecule has 6 nitrogen and oxygen atoms in total. The molecule has 0 spiro atoms. The SMILES string of the molecule is O=C1CCc2c(F)cc(N3CCC(Oc4ccc(OC5CCC5)nc4)C3=O)cc21. The van der Waals surface area contributed by atoms with Crippen molar-refractivity contribution >= 4 is 17.4 Å². The highest BCUT2D eigenvalue weighted by atomic mass is 19.1. The van der Waals surface area contributed by atoms with Crippen LogP contribution < -0.4 is 14.4 Å². The number of hydrogen-bond acceptors (Lipinski definition) is 5. The molecule has 0 radical (unpaired) electrons. The molecule has 1 saturated carbocycles. The summed E-state index contributed by atoms with van der Waals surface area (Å²) in [6, 6.07) is 6.45. The van der Waals surface area contributed by atoms with Crippen LogP contribution in [0.1, 0.15) is 48.0 Å². The lowest BCUT2D eigenvalue weighted by atomic mass is 9.96. The summed E-state index contributed by atoms with van der Waals surface area (Å²) in [6.07, 6.45) is 5.66. The Hall–Kier alpha value is -2.96. The summed E-state index contributed by atoms with van der Waals surface area (Å²) < 4.78 is 25.9. The fraction of sp³-hybridized carbons (Fsp3) is 0.409. The van der Waals surface area contributed by atoms with Crippen molar-refractivity contribution in [3.63, 3.8) is 0 Å². The van der Waals surface area contributed by atoms with E-state index in [1.54, 1.807) is 24.4 Å². The van der Waals surface area contributed by atoms with E-state index in [2.05, 4.69) is 4.98 Å². The van der Waals surface area contributed by atoms with E-state index in [9.17, 15) is 14.0 Å². The van der Waals surface area contributed by atoms with E-state index in [1.807, 2.05) is 0 Å². The number of rotatable bonds is 5. The number of amides is 1. The van der Waals surface area contributed by atoms with E-state index in [4.69, 9.17) is 9.47 Å². The number of hydrogen-bond donors (Lipinski definition) is 0. The minimum atomic E-state index is -0.665. The first kappa shape index (κ1) is 18.1. The van der Waals surface area contributed by atoms with Crippen molar-refractivity contribution in [2.24, 2.45) is 0 Å². The van der Waals surface area contributed by atoms with Crippen molar-refractivity contribution < 1.29 is 23.5 Å². The van der Waals surface area contributed by atoms with Gasteiger partial charge in [0.1, 0.15) is 17.7 Å². The smallest absolute Gasteiger partial charge is 0.268 e. The Bertz CT molecular complexity index is 972. The fourth-order valence-electron chi connectivity index (χ4n) is 4.00. The molecule has 3 aliphatic rings. The van der Waals surface area contributed by atoms with Gasteiger partial charge in [0, 0.05) is 36.7 Å². The van der Waals surface area contributed by atoms with E-state index in [0.29, 0.717) is 54.3 Å². The fourth-order valence-corrected chi connectivity index (χ4v) is 4.00. The van der Waals surface area contributed by atoms with Crippen LogP contribution >= 0.6 is 0 Å². The minimum Gasteiger partial charge on any atom is -0.479 e. The van der Waals surface area contributed by atoms with Crippen LogP contribution in [0.5, 0.6) is 11.6 Å². The Labute approximate surface area is 167 Å². The van der Waals surface area contributed by atoms with Crippen LogP contribution in [0.4, 0.5) is 10.1 Å². The number of Topliss-reactive ketones (excluding diaryl/α,β-unsaturated/α-hetero) is 1. The number of fused-ring (bicyclic) bond motifs is 1. The molecule has 1 saturated heterocycles. The number of pyridine rings is 1. The molecule has 1 aromatic heterocycles. The third-order valence-corrected chi connectivity index (χ3v) is 5.88. The number of ether oxygens (including phenoxy) is 2. The first-order valence-corrected chi connectivity index (χ1v) is 10.0. The predicted molar refractivity (Wildman–Crippen MR) is 103 cm³/mol. The van der Waals surface area contributed by atoms with Gasteiger partial charge in [-0.15, -0.1) is 0 Å². The molecule has 150 valence electrons. The van der Waals surface area contributed by atoms with Gasteiger partial charge >= 0.3 is 0 Å². The Kier molecular flexibility index (Phi) is 4.45. The summed E-state index contributed by atoms with van der Waals surface area (Å²) in [4.78, 5) is 30.5. The number of ketones is 1. The van der Waals surface area contributed by atoms with Gasteiger partial charge in [-0.1, -0.05) is 0 Å². The van der Waals surface area contributed by atoms with Crippen LogP contribution in [-0.2, 0) is 11.2 Å². The number of nitrogens with zero attached hydrogens (tertiary/aromatic N) is 2. The van der Waals surface area contributed by atoms with Crippen molar-refractivity contribution in [1.29, 1.82) is 0 Å². The van der Waals surface area contributed by atoms with Crippen molar-refractivity contribution in [2.45, 2.75) is 50.7 Å². The molecule has 2 fully saturated rings. The zero-order chi connectivity index (χ0) is 20.0. The van der Waals surface area contributed by atoms with Crippen LogP contribution in [0.15, 0.2) is 30.5 Å². The summed E-state index contributed by atoms with van der Waals surface area (Å²) in [5.41, 5.74) is 1.26. The molecular formula is C22H21FN2O4. The van der Waals surface area contributed by atoms with Crippen molar-refractivity contribution in [3.05, 3.63) is 47.4 Å². The third-order valence-electron chi connectivity index (χ3n) is 5.88. The monoisotopic (exact) mass is 396 g/mol. The Morgan fingerprint density at radius 2 is 1.93 bits per heavy atom. The molecule has 1 aliphatic heterocycles. The largest absolute Gasteiger partial charge is 0.479 e. The van der Waals surface area contributed by atoms with Gasteiger partial charge in [-0.3, -0.25) is 9.59 Å². The standard InChI is InChI=1S/C22H21FN2O4/c23-18-11-13(10-17-16(18)5-6-19(17)26)25-9-8-20(22(25)27)28-15-4-7-21(24-12-15)29-14-2-1-3-14/h4,7,10-12,14,20H,1-3,5-6,8-9H2. The first-order chi connectivity index (χ1) is 14.1. The topological polar surface area (TPSA) is 68.7 Å². The van der Waals surface area contributed by atoms with Crippen LogP contribution in [0.25, 0.3) is 0 Å². The van der Waals surface area contributed by atoms with Gasteiger partial charge in [-0.2, -0.15) is 0 Å². The van der Waals surface area contributed by atoms with Crippen LogP contribution in [-0.4, -0.2) is 35.4 Å². The van der Waals surface area contributed by atoms with Gasteiger partial charge in [0.15, 0.2) is 11.9 Å². The lowest BCUT2D eigenvalue weighted by Crippen LogP contribution is -2.32. The zero-order valence-electron chi connectivity index (χ0n) is 15.9. The number of benzene rings is 1. The summed E-state index contributed by atoms with van der Waals surface area (Å²) in [5.74, 6) is 0.299. The summed E-state index contributed by atoms with van der Waals surface area (Å²) in [7, 11) is 0. The highest BCUT2D eigenvalue weighted by Crippen LogP contribution is 2.32. The normalized spacial score (nSPS) is 21.3. The number of carbonyl (C=O) groups is 2. The second-order valence-electron chi connectivity index (χ2n) is 7.76. The lowest BCUT2D eigenvalue weighted by molar-refractivity contribution is -0.122. The van der Waals surface area contributed by atoms with Gasteiger partial charge in [0.2, 0.25) is 5.88 Å². The maximum atomic E-state index is 14.4. The average Bonchev–Trinajstić information content (AvgIpc) is 3.23. The van der Waals surface area contributed by atoms with E-state index in [-0.39, 0.29) is 17.8 Å². The highest BCUT2D eigenvalue weighted by molar-refractivity contribution is 6.04. The van der Waals surface area contributed by atoms with Gasteiger partial charge in [0.25, 0.3) is 5.91 Å². The molecule has 0 N–H and O–H groups in total. The predicted octanol–water partition coefficient (Wildman–Crippen LogP) is 3.47. The van der Waals surface area contributed by atoms with Crippen molar-refractivity contribution in [1.82, 2.24) is 4.98 Å². The zero-order valence-corrected chi connectivity index (χ0v) is 15.9. The highest BCUT2D eigenvalue weighted by Gasteiger charge is 2.36. The molecule has 5 rings (SSSR count). The molecule has 7 heteroatoms. The molecule has 1 amide bonds. The van der Waals surface area contributed by atoms with Crippen molar-refractivity contribution in [3.8, 4) is 11.6 Å². The van der Waals surface area contributed by atoms with Gasteiger partial charge in [-0.05, 0) is 49.4 Å². The second kappa shape index (κ2) is 7.13. The quantitative estimate of drug-likeness (QED) is 0.774. The number of anilines is 1. The van der Waals surface area contributed by atoms with Gasteiger partial charge < -0.3 is 14.4 Å². The molecule has 0 bridgehead atoms. The van der Waals surface area contributed by atoms with Crippen LogP contribution in [0.3, 0.4) is 0 Å². The minimum absolute atomic E-state index is 0.0736. The van der Waals surface area contributed by atoms with E-state index in [1.165, 1.54) is 17.4 Å². The molecule has 1 atom stereocenters. The Morgan fingerprint density at radius 3 is 2.66 bits per heavy atom. The van der Waals surface area contributed by atoms with Crippen LogP contribution in [0, 0.1) is 5.82 Å². The molecule has 2 aliphatic carbocycles. The van der Waals surface area contributed by atoms with Crippen LogP contribution in [0.2, 0.25) is 0 Å². The van der Waals surface area contributed by atoms with E-state index >= 15 is 0 Å². The third kappa shape index (κ3) is 3.34. The molecule has 1 aromatic carbocycles. The number of halogens is 1. The van der Waals surface area contributed by atoms with Crippen molar-refractivity contribution in [2.75, 3.05) is 11.4 Å². The second-order valence-corrected chi connectivity index (χ2v) is 7.76. The summed E-state index contributed by atoms with van der Waals surface area (Å²) >= 11 is 0. The summed E-state index contributed by atoms with van der Waals surface area (Å²) in [6.45, 7) is 0.409. The Balaban J connectivity index is 1.27.